The second-order valence-corrected chi connectivity index (χ2v) is 4.79. The van der Waals surface area contributed by atoms with Gasteiger partial charge >= 0.3 is 0 Å². The van der Waals surface area contributed by atoms with Crippen LogP contribution >= 0.6 is 0 Å². The van der Waals surface area contributed by atoms with Crippen molar-refractivity contribution in [3.05, 3.63) is 41.9 Å². The van der Waals surface area contributed by atoms with E-state index in [1.54, 1.807) is 0 Å². The van der Waals surface area contributed by atoms with Crippen molar-refractivity contribution in [2.24, 2.45) is 0 Å². The second kappa shape index (κ2) is 7.10. The molecule has 0 radical (unpaired) electrons. The van der Waals surface area contributed by atoms with Crippen LogP contribution in [0.5, 0.6) is 0 Å². The Hall–Kier alpha value is -1.61. The van der Waals surface area contributed by atoms with Gasteiger partial charge in [0.05, 0.1) is 6.20 Å². The minimum Gasteiger partial charge on any atom is -0.441 e. The number of rotatable bonds is 7. The molecule has 0 aliphatic carbocycles. The van der Waals surface area contributed by atoms with Crippen molar-refractivity contribution >= 4 is 0 Å². The lowest BCUT2D eigenvalue weighted by Gasteiger charge is -2.01. The van der Waals surface area contributed by atoms with Gasteiger partial charge in [-0.25, -0.2) is 4.98 Å². The van der Waals surface area contributed by atoms with Crippen LogP contribution in [-0.2, 0) is 6.42 Å². The standard InChI is InChI=1S/C16H22N2O/c1-3-10-17-11-6-9-16-18-12-15(19-16)14-8-5-4-7-13(14)2/h4-5,7-8,12,17H,3,6,9-11H2,1-2H3. The third-order valence-electron chi connectivity index (χ3n) is 3.14. The van der Waals surface area contributed by atoms with Gasteiger partial charge in [0.15, 0.2) is 11.7 Å². The fourth-order valence-electron chi connectivity index (χ4n) is 2.07. The number of hydrogen-bond acceptors (Lipinski definition) is 3. The maximum absolute atomic E-state index is 5.82. The lowest BCUT2D eigenvalue weighted by molar-refractivity contribution is 0.491. The lowest BCUT2D eigenvalue weighted by atomic mass is 10.1. The molecular weight excluding hydrogens is 236 g/mol. The molecule has 19 heavy (non-hydrogen) atoms. The molecule has 0 fully saturated rings. The molecule has 2 aromatic rings. The summed E-state index contributed by atoms with van der Waals surface area (Å²) in [4.78, 5) is 4.36. The Kier molecular flexibility index (Phi) is 5.16. The number of oxazole rings is 1. The van der Waals surface area contributed by atoms with Crippen LogP contribution in [0.4, 0.5) is 0 Å². The van der Waals surface area contributed by atoms with Crippen molar-refractivity contribution in [2.75, 3.05) is 13.1 Å². The van der Waals surface area contributed by atoms with Crippen molar-refractivity contribution < 1.29 is 4.42 Å². The van der Waals surface area contributed by atoms with Gasteiger partial charge in [-0.15, -0.1) is 0 Å². The van der Waals surface area contributed by atoms with Crippen molar-refractivity contribution in [1.29, 1.82) is 0 Å². The van der Waals surface area contributed by atoms with Gasteiger partial charge in [-0.3, -0.25) is 0 Å². The van der Waals surface area contributed by atoms with Crippen molar-refractivity contribution in [3.8, 4) is 11.3 Å². The molecule has 0 aliphatic rings. The zero-order valence-electron chi connectivity index (χ0n) is 11.8. The summed E-state index contributed by atoms with van der Waals surface area (Å²) >= 11 is 0. The fourth-order valence-corrected chi connectivity index (χ4v) is 2.07. The predicted molar refractivity (Wildman–Crippen MR) is 78.2 cm³/mol. The summed E-state index contributed by atoms with van der Waals surface area (Å²) in [5.41, 5.74) is 2.35. The lowest BCUT2D eigenvalue weighted by Crippen LogP contribution is -2.16. The second-order valence-electron chi connectivity index (χ2n) is 4.79. The largest absolute Gasteiger partial charge is 0.441 e. The van der Waals surface area contributed by atoms with Crippen LogP contribution < -0.4 is 5.32 Å². The molecule has 0 saturated heterocycles. The monoisotopic (exact) mass is 258 g/mol. The zero-order valence-corrected chi connectivity index (χ0v) is 11.8. The number of benzene rings is 1. The van der Waals surface area contributed by atoms with Crippen LogP contribution in [0, 0.1) is 6.92 Å². The van der Waals surface area contributed by atoms with Crippen LogP contribution in [0.25, 0.3) is 11.3 Å². The van der Waals surface area contributed by atoms with Gasteiger partial charge in [-0.2, -0.15) is 0 Å². The van der Waals surface area contributed by atoms with E-state index >= 15 is 0 Å². The maximum Gasteiger partial charge on any atom is 0.194 e. The van der Waals surface area contributed by atoms with E-state index < -0.39 is 0 Å². The molecule has 0 saturated carbocycles. The molecule has 0 aliphatic heterocycles. The molecular formula is C16H22N2O. The van der Waals surface area contributed by atoms with E-state index in [0.29, 0.717) is 0 Å². The minimum absolute atomic E-state index is 0.830. The highest BCUT2D eigenvalue weighted by Crippen LogP contribution is 2.23. The van der Waals surface area contributed by atoms with Gasteiger partial charge in [-0.1, -0.05) is 31.2 Å². The molecule has 3 heteroatoms. The molecule has 1 N–H and O–H groups in total. The Morgan fingerprint density at radius 3 is 2.84 bits per heavy atom. The Balaban J connectivity index is 1.91. The summed E-state index contributed by atoms with van der Waals surface area (Å²) < 4.78 is 5.82. The first-order valence-electron chi connectivity index (χ1n) is 7.02. The molecule has 3 nitrogen and oxygen atoms in total. The van der Waals surface area contributed by atoms with E-state index in [9.17, 15) is 0 Å². The van der Waals surface area contributed by atoms with E-state index in [2.05, 4.69) is 36.3 Å². The van der Waals surface area contributed by atoms with E-state index in [-0.39, 0.29) is 0 Å². The number of aromatic nitrogens is 1. The average Bonchev–Trinajstić information content (AvgIpc) is 2.88. The van der Waals surface area contributed by atoms with Crippen LogP contribution in [0.1, 0.15) is 31.2 Å². The molecule has 0 unspecified atom stereocenters. The zero-order chi connectivity index (χ0) is 13.5. The summed E-state index contributed by atoms with van der Waals surface area (Å²) in [5.74, 6) is 1.70. The molecule has 0 amide bonds. The third-order valence-corrected chi connectivity index (χ3v) is 3.14. The Morgan fingerprint density at radius 1 is 1.21 bits per heavy atom. The van der Waals surface area contributed by atoms with E-state index in [0.717, 1.165) is 43.1 Å². The van der Waals surface area contributed by atoms with Crippen LogP contribution in [0.15, 0.2) is 34.9 Å². The fraction of sp³-hybridized carbons (Fsp3) is 0.438. The van der Waals surface area contributed by atoms with E-state index in [4.69, 9.17) is 4.42 Å². The van der Waals surface area contributed by atoms with Crippen LogP contribution in [0.2, 0.25) is 0 Å². The van der Waals surface area contributed by atoms with E-state index in [1.165, 1.54) is 12.0 Å². The number of hydrogen-bond donors (Lipinski definition) is 1. The molecule has 0 atom stereocenters. The first kappa shape index (κ1) is 13.8. The average molecular weight is 258 g/mol. The van der Waals surface area contributed by atoms with Gasteiger partial charge < -0.3 is 9.73 Å². The quantitative estimate of drug-likeness (QED) is 0.771. The number of nitrogens with one attached hydrogen (secondary N) is 1. The first-order chi connectivity index (χ1) is 9.31. The number of nitrogens with zero attached hydrogens (tertiary/aromatic N) is 1. The van der Waals surface area contributed by atoms with Crippen molar-refractivity contribution in [1.82, 2.24) is 10.3 Å². The van der Waals surface area contributed by atoms with Gasteiger partial charge in [0.1, 0.15) is 0 Å². The van der Waals surface area contributed by atoms with Gasteiger partial charge in [0, 0.05) is 12.0 Å². The Bertz CT molecular complexity index is 505. The van der Waals surface area contributed by atoms with Gasteiger partial charge in [0.25, 0.3) is 0 Å². The Labute approximate surface area is 115 Å². The molecule has 0 bridgehead atoms. The minimum atomic E-state index is 0.830. The van der Waals surface area contributed by atoms with Gasteiger partial charge in [-0.05, 0) is 38.4 Å². The van der Waals surface area contributed by atoms with Crippen LogP contribution in [0.3, 0.4) is 0 Å². The van der Waals surface area contributed by atoms with Crippen LogP contribution in [-0.4, -0.2) is 18.1 Å². The molecule has 2 rings (SSSR count). The highest BCUT2D eigenvalue weighted by Gasteiger charge is 2.07. The van der Waals surface area contributed by atoms with E-state index in [1.807, 2.05) is 18.3 Å². The highest BCUT2D eigenvalue weighted by molar-refractivity contribution is 5.60. The first-order valence-corrected chi connectivity index (χ1v) is 7.02. The third kappa shape index (κ3) is 3.93. The van der Waals surface area contributed by atoms with Crippen molar-refractivity contribution in [2.45, 2.75) is 33.1 Å². The van der Waals surface area contributed by atoms with Crippen molar-refractivity contribution in [3.63, 3.8) is 0 Å². The summed E-state index contributed by atoms with van der Waals surface area (Å²) in [6.45, 7) is 6.37. The molecule has 102 valence electrons. The summed E-state index contributed by atoms with van der Waals surface area (Å²) in [5, 5.41) is 3.38. The molecule has 1 aromatic heterocycles. The SMILES string of the molecule is CCCNCCCc1ncc(-c2ccccc2C)o1. The topological polar surface area (TPSA) is 38.1 Å². The summed E-state index contributed by atoms with van der Waals surface area (Å²) in [6, 6.07) is 8.23. The smallest absolute Gasteiger partial charge is 0.194 e. The van der Waals surface area contributed by atoms with Gasteiger partial charge in [0.2, 0.25) is 0 Å². The number of aryl methyl sites for hydroxylation is 2. The summed E-state index contributed by atoms with van der Waals surface area (Å²) in [6.07, 6.45) is 4.96. The normalized spacial score (nSPS) is 10.8. The summed E-state index contributed by atoms with van der Waals surface area (Å²) in [7, 11) is 0. The predicted octanol–water partition coefficient (Wildman–Crippen LogP) is 3.58. The Morgan fingerprint density at radius 2 is 2.05 bits per heavy atom. The highest BCUT2D eigenvalue weighted by atomic mass is 16.4. The molecule has 1 aromatic carbocycles. The molecule has 1 heterocycles. The maximum atomic E-state index is 5.82. The molecule has 0 spiro atoms.